The van der Waals surface area contributed by atoms with Gasteiger partial charge in [0.1, 0.15) is 17.4 Å². The Labute approximate surface area is 120 Å². The minimum absolute atomic E-state index is 0.0841. The lowest BCUT2D eigenvalue weighted by atomic mass is 9.76. The number of carbonyl (C=O) groups is 1. The lowest BCUT2D eigenvalue weighted by Gasteiger charge is -2.27. The lowest BCUT2D eigenvalue weighted by Crippen LogP contribution is -2.23. The summed E-state index contributed by atoms with van der Waals surface area (Å²) < 4.78 is 27.0. The molecule has 0 saturated heterocycles. The Bertz CT molecular complexity index is 456. The number of benzene rings is 1. The summed E-state index contributed by atoms with van der Waals surface area (Å²) >= 11 is 0. The van der Waals surface area contributed by atoms with Crippen LogP contribution < -0.4 is 0 Å². The third-order valence-corrected chi connectivity index (χ3v) is 4.16. The third kappa shape index (κ3) is 4.12. The summed E-state index contributed by atoms with van der Waals surface area (Å²) in [7, 11) is 0. The van der Waals surface area contributed by atoms with Crippen molar-refractivity contribution in [1.29, 1.82) is 0 Å². The summed E-state index contributed by atoms with van der Waals surface area (Å²) in [4.78, 5) is 12.0. The van der Waals surface area contributed by atoms with Crippen LogP contribution in [0.5, 0.6) is 0 Å². The van der Waals surface area contributed by atoms with Crippen molar-refractivity contribution >= 4 is 5.78 Å². The predicted molar refractivity (Wildman–Crippen MR) is 77.6 cm³/mol. The number of ketones is 1. The number of hydrogen-bond acceptors (Lipinski definition) is 1. The first kappa shape index (κ1) is 16.8. The van der Waals surface area contributed by atoms with Crippen molar-refractivity contribution in [2.45, 2.75) is 52.9 Å². The topological polar surface area (TPSA) is 17.1 Å². The van der Waals surface area contributed by atoms with Gasteiger partial charge >= 0.3 is 0 Å². The summed E-state index contributed by atoms with van der Waals surface area (Å²) in [5, 5.41) is 0. The quantitative estimate of drug-likeness (QED) is 0.680. The van der Waals surface area contributed by atoms with E-state index in [0.717, 1.165) is 18.9 Å². The van der Waals surface area contributed by atoms with Crippen LogP contribution >= 0.6 is 0 Å². The van der Waals surface area contributed by atoms with Crippen LogP contribution in [-0.2, 0) is 4.79 Å². The Hall–Kier alpha value is -1.25. The van der Waals surface area contributed by atoms with E-state index in [4.69, 9.17) is 0 Å². The van der Waals surface area contributed by atoms with Gasteiger partial charge in [-0.3, -0.25) is 4.79 Å². The van der Waals surface area contributed by atoms with E-state index in [-0.39, 0.29) is 17.6 Å². The second-order valence-electron chi connectivity index (χ2n) is 5.65. The van der Waals surface area contributed by atoms with E-state index >= 15 is 0 Å². The second kappa shape index (κ2) is 7.51. The maximum absolute atomic E-state index is 14.0. The smallest absolute Gasteiger partial charge is 0.133 e. The SMILES string of the molecule is CCC(C)CC(C(C)=O)[C@@H](CC)c1ccc(F)cc1F. The third-order valence-electron chi connectivity index (χ3n) is 4.16. The van der Waals surface area contributed by atoms with Gasteiger partial charge in [0.25, 0.3) is 0 Å². The minimum atomic E-state index is -0.581. The van der Waals surface area contributed by atoms with Crippen molar-refractivity contribution in [3.05, 3.63) is 35.4 Å². The van der Waals surface area contributed by atoms with Crippen LogP contribution in [0, 0.1) is 23.5 Å². The highest BCUT2D eigenvalue weighted by molar-refractivity contribution is 5.79. The Balaban J connectivity index is 3.09. The average Bonchev–Trinajstić information content (AvgIpc) is 2.39. The van der Waals surface area contributed by atoms with Gasteiger partial charge in [-0.2, -0.15) is 0 Å². The number of halogens is 2. The van der Waals surface area contributed by atoms with E-state index in [1.807, 2.05) is 6.92 Å². The highest BCUT2D eigenvalue weighted by atomic mass is 19.1. The monoisotopic (exact) mass is 282 g/mol. The van der Waals surface area contributed by atoms with Crippen LogP contribution in [0.15, 0.2) is 18.2 Å². The van der Waals surface area contributed by atoms with Gasteiger partial charge in [-0.05, 0) is 43.2 Å². The molecule has 2 unspecified atom stereocenters. The number of carbonyl (C=O) groups excluding carboxylic acids is 1. The molecule has 0 aromatic heterocycles. The summed E-state index contributed by atoms with van der Waals surface area (Å²) in [6.45, 7) is 7.70. The number of rotatable bonds is 7. The molecule has 0 heterocycles. The summed E-state index contributed by atoms with van der Waals surface area (Å²) in [5.74, 6) is -1.01. The highest BCUT2D eigenvalue weighted by Crippen LogP contribution is 2.35. The van der Waals surface area contributed by atoms with Gasteiger partial charge in [0, 0.05) is 12.0 Å². The van der Waals surface area contributed by atoms with Crippen LogP contribution in [0.25, 0.3) is 0 Å². The van der Waals surface area contributed by atoms with Crippen molar-refractivity contribution in [1.82, 2.24) is 0 Å². The lowest BCUT2D eigenvalue weighted by molar-refractivity contribution is -0.122. The van der Waals surface area contributed by atoms with E-state index < -0.39 is 11.6 Å². The molecule has 0 aliphatic carbocycles. The van der Waals surface area contributed by atoms with Crippen molar-refractivity contribution in [3.8, 4) is 0 Å². The maximum Gasteiger partial charge on any atom is 0.133 e. The van der Waals surface area contributed by atoms with Crippen LogP contribution in [0.3, 0.4) is 0 Å². The first-order chi connectivity index (χ1) is 9.40. The highest BCUT2D eigenvalue weighted by Gasteiger charge is 2.28. The average molecular weight is 282 g/mol. The first-order valence-electron chi connectivity index (χ1n) is 7.36. The molecule has 20 heavy (non-hydrogen) atoms. The van der Waals surface area contributed by atoms with Crippen molar-refractivity contribution in [2.75, 3.05) is 0 Å². The molecule has 0 aliphatic rings. The first-order valence-corrected chi connectivity index (χ1v) is 7.36. The predicted octanol–water partition coefficient (Wildman–Crippen LogP) is 5.10. The molecular formula is C17H24F2O. The number of hydrogen-bond donors (Lipinski definition) is 0. The van der Waals surface area contributed by atoms with Gasteiger partial charge in [-0.25, -0.2) is 8.78 Å². The minimum Gasteiger partial charge on any atom is -0.300 e. The Morgan fingerprint density at radius 1 is 1.20 bits per heavy atom. The largest absolute Gasteiger partial charge is 0.300 e. The molecule has 0 bridgehead atoms. The molecule has 0 aliphatic heterocycles. The Kier molecular flexibility index (Phi) is 6.31. The van der Waals surface area contributed by atoms with Crippen molar-refractivity contribution < 1.29 is 13.6 Å². The summed E-state index contributed by atoms with van der Waals surface area (Å²) in [5.41, 5.74) is 0.456. The fourth-order valence-corrected chi connectivity index (χ4v) is 2.74. The molecule has 3 atom stereocenters. The Morgan fingerprint density at radius 3 is 2.30 bits per heavy atom. The molecule has 0 fully saturated rings. The van der Waals surface area contributed by atoms with Gasteiger partial charge in [0.2, 0.25) is 0 Å². The molecule has 1 rings (SSSR count). The van der Waals surface area contributed by atoms with Crippen LogP contribution in [-0.4, -0.2) is 5.78 Å². The standard InChI is InChI=1S/C17H24F2O/c1-5-11(3)9-16(12(4)20)14(6-2)15-8-7-13(18)10-17(15)19/h7-8,10-11,14,16H,5-6,9H2,1-4H3/t11?,14-,16?/m0/s1. The zero-order chi connectivity index (χ0) is 15.3. The molecule has 1 aromatic carbocycles. The molecule has 1 nitrogen and oxygen atoms in total. The summed E-state index contributed by atoms with van der Waals surface area (Å²) in [6.07, 6.45) is 2.41. The summed E-state index contributed by atoms with van der Waals surface area (Å²) in [6, 6.07) is 3.64. The molecular weight excluding hydrogens is 258 g/mol. The fourth-order valence-electron chi connectivity index (χ4n) is 2.74. The second-order valence-corrected chi connectivity index (χ2v) is 5.65. The van der Waals surface area contributed by atoms with Gasteiger partial charge in [-0.1, -0.05) is 33.3 Å². The van der Waals surface area contributed by atoms with Crippen molar-refractivity contribution in [3.63, 3.8) is 0 Å². The van der Waals surface area contributed by atoms with Crippen LogP contribution in [0.1, 0.15) is 58.4 Å². The Morgan fingerprint density at radius 2 is 1.85 bits per heavy atom. The van der Waals surface area contributed by atoms with E-state index in [2.05, 4.69) is 13.8 Å². The zero-order valence-corrected chi connectivity index (χ0v) is 12.7. The molecule has 0 spiro atoms. The van der Waals surface area contributed by atoms with E-state index in [1.54, 1.807) is 6.92 Å². The molecule has 0 radical (unpaired) electrons. The fraction of sp³-hybridized carbons (Fsp3) is 0.588. The van der Waals surface area contributed by atoms with Gasteiger partial charge in [0.05, 0.1) is 0 Å². The molecule has 3 heteroatoms. The molecule has 0 N–H and O–H groups in total. The molecule has 0 saturated carbocycles. The number of Topliss-reactive ketones (excluding diaryl/α,β-unsaturated/α-hetero) is 1. The van der Waals surface area contributed by atoms with Gasteiger partial charge in [0.15, 0.2) is 0 Å². The normalized spacial score (nSPS) is 15.7. The van der Waals surface area contributed by atoms with E-state index in [0.29, 0.717) is 17.9 Å². The van der Waals surface area contributed by atoms with Crippen LogP contribution in [0.4, 0.5) is 8.78 Å². The zero-order valence-electron chi connectivity index (χ0n) is 12.7. The molecule has 1 aromatic rings. The van der Waals surface area contributed by atoms with Gasteiger partial charge in [-0.15, -0.1) is 0 Å². The van der Waals surface area contributed by atoms with Crippen LogP contribution in [0.2, 0.25) is 0 Å². The van der Waals surface area contributed by atoms with Crippen molar-refractivity contribution in [2.24, 2.45) is 11.8 Å². The van der Waals surface area contributed by atoms with E-state index in [9.17, 15) is 13.6 Å². The molecule has 0 amide bonds. The van der Waals surface area contributed by atoms with Gasteiger partial charge < -0.3 is 0 Å². The maximum atomic E-state index is 14.0. The van der Waals surface area contributed by atoms with E-state index in [1.165, 1.54) is 12.1 Å². The molecule has 112 valence electrons.